The molecule has 38 heavy (non-hydrogen) atoms. The SMILES string of the molecule is FC1CN(c2ccc(-c3[nH]nc4ncc(-c5ccc6c(c5)CC[C@@H](N5C7COCC5C7)CC6)cc34)cc2)C1. The lowest BCUT2D eigenvalue weighted by Gasteiger charge is -2.56. The van der Waals surface area contributed by atoms with Crippen LogP contribution >= 0.6 is 0 Å². The Balaban J connectivity index is 1.05. The van der Waals surface area contributed by atoms with Crippen molar-refractivity contribution in [1.82, 2.24) is 20.1 Å². The molecule has 8 rings (SSSR count). The number of hydrogen-bond donors (Lipinski definition) is 1. The third kappa shape index (κ3) is 3.75. The van der Waals surface area contributed by atoms with Gasteiger partial charge in [0.25, 0.3) is 0 Å². The van der Waals surface area contributed by atoms with E-state index < -0.39 is 6.17 Å². The van der Waals surface area contributed by atoms with Crippen molar-refractivity contribution in [3.8, 4) is 22.4 Å². The number of pyridine rings is 1. The first-order valence-electron chi connectivity index (χ1n) is 14.0. The minimum Gasteiger partial charge on any atom is -0.378 e. The van der Waals surface area contributed by atoms with E-state index in [0.717, 1.165) is 59.6 Å². The number of aromatic amines is 1. The van der Waals surface area contributed by atoms with Crippen molar-refractivity contribution < 1.29 is 9.13 Å². The largest absolute Gasteiger partial charge is 0.378 e. The summed E-state index contributed by atoms with van der Waals surface area (Å²) >= 11 is 0. The van der Waals surface area contributed by atoms with Crippen molar-refractivity contribution in [2.24, 2.45) is 0 Å². The molecule has 1 aliphatic carbocycles. The lowest BCUT2D eigenvalue weighted by atomic mass is 9.87. The predicted molar refractivity (Wildman–Crippen MR) is 147 cm³/mol. The number of halogens is 1. The van der Waals surface area contributed by atoms with Gasteiger partial charge in [-0.05, 0) is 67.0 Å². The van der Waals surface area contributed by atoms with E-state index in [-0.39, 0.29) is 0 Å². The number of morpholine rings is 1. The second-order valence-corrected chi connectivity index (χ2v) is 11.5. The van der Waals surface area contributed by atoms with Crippen molar-refractivity contribution in [3.05, 3.63) is 65.9 Å². The summed E-state index contributed by atoms with van der Waals surface area (Å²) in [7, 11) is 0. The van der Waals surface area contributed by atoms with Gasteiger partial charge in [-0.2, -0.15) is 5.10 Å². The number of benzene rings is 2. The van der Waals surface area contributed by atoms with Crippen LogP contribution in [-0.4, -0.2) is 70.7 Å². The summed E-state index contributed by atoms with van der Waals surface area (Å²) in [5, 5.41) is 8.67. The highest BCUT2D eigenvalue weighted by Crippen LogP contribution is 2.38. The summed E-state index contributed by atoms with van der Waals surface area (Å²) in [6, 6.07) is 19.4. The fraction of sp³-hybridized carbons (Fsp3) is 0.419. The number of ether oxygens (including phenoxy) is 1. The molecule has 2 unspecified atom stereocenters. The first-order valence-corrected chi connectivity index (χ1v) is 14.0. The van der Waals surface area contributed by atoms with Crippen LogP contribution < -0.4 is 4.90 Å². The Kier molecular flexibility index (Phi) is 5.30. The zero-order valence-electron chi connectivity index (χ0n) is 21.4. The Labute approximate surface area is 221 Å². The first-order chi connectivity index (χ1) is 18.7. The van der Waals surface area contributed by atoms with Crippen LogP contribution in [0, 0.1) is 0 Å². The van der Waals surface area contributed by atoms with Gasteiger partial charge in [-0.15, -0.1) is 0 Å². The van der Waals surface area contributed by atoms with Crippen LogP contribution in [0.15, 0.2) is 54.7 Å². The third-order valence-corrected chi connectivity index (χ3v) is 9.23. The highest BCUT2D eigenvalue weighted by atomic mass is 19.1. The standard InChI is InChI=1S/C31H32FN5O/c32-24-15-36(16-24)25-7-4-20(5-8-25)30-29-12-23(14-33-31(29)35-34-30)22-2-1-19-3-9-26(10-6-21(19)11-22)37-27-13-28(37)18-38-17-27/h1-2,4-5,7-8,11-12,14,24,26-28H,3,6,9-10,13,15-18H2,(H,33,34,35)/t26-,27?,28?/m0/s1. The highest BCUT2D eigenvalue weighted by Gasteiger charge is 2.45. The molecule has 4 aliphatic rings. The number of aryl methyl sites for hydroxylation is 2. The van der Waals surface area contributed by atoms with Gasteiger partial charge >= 0.3 is 0 Å². The molecule has 6 nitrogen and oxygen atoms in total. The maximum Gasteiger partial charge on any atom is 0.181 e. The normalized spacial score (nSPS) is 25.5. The summed E-state index contributed by atoms with van der Waals surface area (Å²) in [6.45, 7) is 2.79. The molecule has 5 heterocycles. The number of H-pyrrole nitrogens is 1. The molecule has 3 fully saturated rings. The first kappa shape index (κ1) is 22.7. The van der Waals surface area contributed by atoms with Crippen LogP contribution in [0.5, 0.6) is 0 Å². The van der Waals surface area contributed by atoms with Gasteiger partial charge in [0, 0.05) is 46.5 Å². The molecule has 3 atom stereocenters. The van der Waals surface area contributed by atoms with E-state index in [1.165, 1.54) is 36.0 Å². The molecular formula is C31H32FN5O. The average molecular weight is 510 g/mol. The number of fused-ring (bicyclic) bond motifs is 4. The van der Waals surface area contributed by atoms with Crippen LogP contribution in [0.2, 0.25) is 0 Å². The lowest BCUT2D eigenvalue weighted by Crippen LogP contribution is -2.66. The van der Waals surface area contributed by atoms with E-state index in [9.17, 15) is 4.39 Å². The van der Waals surface area contributed by atoms with E-state index in [0.29, 0.717) is 31.2 Å². The van der Waals surface area contributed by atoms with Crippen LogP contribution in [0.25, 0.3) is 33.4 Å². The lowest BCUT2D eigenvalue weighted by molar-refractivity contribution is -0.148. The molecule has 3 saturated heterocycles. The highest BCUT2D eigenvalue weighted by molar-refractivity contribution is 5.93. The number of nitrogens with one attached hydrogen (secondary N) is 1. The second-order valence-electron chi connectivity index (χ2n) is 11.5. The minimum atomic E-state index is -0.708. The van der Waals surface area contributed by atoms with Crippen molar-refractivity contribution in [2.75, 3.05) is 31.2 Å². The Bertz CT molecular complexity index is 1480. The summed E-state index contributed by atoms with van der Waals surface area (Å²) in [4.78, 5) is 9.51. The van der Waals surface area contributed by atoms with Crippen LogP contribution in [0.4, 0.5) is 10.1 Å². The van der Waals surface area contributed by atoms with Gasteiger partial charge in [0.1, 0.15) is 6.17 Å². The Morgan fingerprint density at radius 3 is 2.37 bits per heavy atom. The minimum absolute atomic E-state index is 0.481. The summed E-state index contributed by atoms with van der Waals surface area (Å²) < 4.78 is 19.0. The monoisotopic (exact) mass is 509 g/mol. The number of hydrogen-bond acceptors (Lipinski definition) is 5. The van der Waals surface area contributed by atoms with Gasteiger partial charge in [0.15, 0.2) is 5.65 Å². The topological polar surface area (TPSA) is 57.3 Å². The van der Waals surface area contributed by atoms with E-state index in [2.05, 4.69) is 73.5 Å². The Morgan fingerprint density at radius 1 is 0.842 bits per heavy atom. The number of alkyl halides is 1. The predicted octanol–water partition coefficient (Wildman–Crippen LogP) is 5.17. The molecule has 0 spiro atoms. The molecular weight excluding hydrogens is 477 g/mol. The van der Waals surface area contributed by atoms with Crippen molar-refractivity contribution >= 4 is 16.7 Å². The van der Waals surface area contributed by atoms with Crippen molar-refractivity contribution in [1.29, 1.82) is 0 Å². The van der Waals surface area contributed by atoms with Crippen molar-refractivity contribution in [3.63, 3.8) is 0 Å². The Hall–Kier alpha value is -3.29. The maximum atomic E-state index is 13.3. The van der Waals surface area contributed by atoms with E-state index in [1.54, 1.807) is 0 Å². The summed E-state index contributed by atoms with van der Waals surface area (Å²) in [6.07, 6.45) is 7.31. The summed E-state index contributed by atoms with van der Waals surface area (Å²) in [5.74, 6) is 0. The van der Waals surface area contributed by atoms with Crippen LogP contribution in [0.3, 0.4) is 0 Å². The third-order valence-electron chi connectivity index (χ3n) is 9.23. The van der Waals surface area contributed by atoms with Gasteiger partial charge < -0.3 is 9.64 Å². The zero-order chi connectivity index (χ0) is 25.2. The molecule has 2 aromatic carbocycles. The van der Waals surface area contributed by atoms with Crippen molar-refractivity contribution in [2.45, 2.75) is 56.4 Å². The fourth-order valence-corrected chi connectivity index (χ4v) is 7.08. The van der Waals surface area contributed by atoms with Crippen LogP contribution in [0.1, 0.15) is 30.4 Å². The quantitative estimate of drug-likeness (QED) is 0.385. The number of aromatic nitrogens is 3. The zero-order valence-corrected chi connectivity index (χ0v) is 21.4. The number of rotatable bonds is 4. The van der Waals surface area contributed by atoms with E-state index in [1.807, 2.05) is 6.20 Å². The molecule has 7 heteroatoms. The molecule has 0 radical (unpaired) electrons. The maximum absolute atomic E-state index is 13.3. The van der Waals surface area contributed by atoms with E-state index in [4.69, 9.17) is 4.74 Å². The molecule has 0 saturated carbocycles. The molecule has 194 valence electrons. The average Bonchev–Trinajstić information content (AvgIpc) is 3.26. The Morgan fingerprint density at radius 2 is 1.61 bits per heavy atom. The number of nitrogens with zero attached hydrogens (tertiary/aromatic N) is 4. The fourth-order valence-electron chi connectivity index (χ4n) is 7.08. The smallest absolute Gasteiger partial charge is 0.181 e. The molecule has 1 N–H and O–H groups in total. The van der Waals surface area contributed by atoms with Gasteiger partial charge in [-0.3, -0.25) is 10.00 Å². The van der Waals surface area contributed by atoms with Gasteiger partial charge in [-0.25, -0.2) is 9.37 Å². The van der Waals surface area contributed by atoms with Gasteiger partial charge in [0.05, 0.1) is 32.0 Å². The molecule has 2 aromatic heterocycles. The van der Waals surface area contributed by atoms with E-state index >= 15 is 0 Å². The van der Waals surface area contributed by atoms with Gasteiger partial charge in [0.2, 0.25) is 0 Å². The second kappa shape index (κ2) is 8.89. The summed E-state index contributed by atoms with van der Waals surface area (Å²) in [5.41, 5.74) is 9.11. The number of anilines is 1. The molecule has 3 aliphatic heterocycles. The molecule has 2 bridgehead atoms. The molecule has 0 amide bonds. The van der Waals surface area contributed by atoms with Crippen LogP contribution in [-0.2, 0) is 17.6 Å². The molecule has 4 aromatic rings. The van der Waals surface area contributed by atoms with Gasteiger partial charge in [-0.1, -0.05) is 30.3 Å².